The molecule has 230 valence electrons. The Kier molecular flexibility index (Phi) is 9.42. The normalized spacial score (nSPS) is 17.5. The van der Waals surface area contributed by atoms with Gasteiger partial charge in [0.25, 0.3) is 5.91 Å². The van der Waals surface area contributed by atoms with Gasteiger partial charge < -0.3 is 25.3 Å². The molecule has 3 aromatic rings. The van der Waals surface area contributed by atoms with Gasteiger partial charge in [-0.05, 0) is 37.4 Å². The third kappa shape index (κ3) is 7.33. The number of aromatic nitrogens is 3. The van der Waals surface area contributed by atoms with Gasteiger partial charge in [-0.3, -0.25) is 24.5 Å². The van der Waals surface area contributed by atoms with E-state index in [1.165, 1.54) is 29.3 Å². The van der Waals surface area contributed by atoms with E-state index in [4.69, 9.17) is 11.6 Å². The second-order valence-electron chi connectivity index (χ2n) is 10.7. The predicted molar refractivity (Wildman–Crippen MR) is 162 cm³/mol. The second-order valence-corrected chi connectivity index (χ2v) is 11.1. The van der Waals surface area contributed by atoms with Gasteiger partial charge in [0, 0.05) is 81.3 Å². The Morgan fingerprint density at radius 2 is 1.89 bits per heavy atom. The molecule has 0 spiro atoms. The molecule has 1 atom stereocenters. The number of Topliss-reactive ketones (excluding diaryl/α,β-unsaturated/α-hetero) is 1. The molecule has 5 rings (SSSR count). The molecule has 0 radical (unpaired) electrons. The Morgan fingerprint density at radius 1 is 1.11 bits per heavy atom. The summed E-state index contributed by atoms with van der Waals surface area (Å²) in [4.78, 5) is 59.0. The third-order valence-electron chi connectivity index (χ3n) is 7.45. The molecule has 3 N–H and O–H groups in total. The van der Waals surface area contributed by atoms with E-state index >= 15 is 0 Å². The van der Waals surface area contributed by atoms with E-state index in [0.717, 1.165) is 26.2 Å². The lowest BCUT2D eigenvalue weighted by Crippen LogP contribution is -2.45. The monoisotopic (exact) mass is 623 g/mol. The molecule has 1 aromatic carbocycles. The number of pyridine rings is 1. The minimum Gasteiger partial charge on any atom is -0.355 e. The molecule has 15 heteroatoms. The van der Waals surface area contributed by atoms with Crippen molar-refractivity contribution < 1.29 is 23.6 Å². The van der Waals surface area contributed by atoms with Crippen LogP contribution in [-0.4, -0.2) is 102 Å². The fraction of sp³-hybridized carbons (Fsp3) is 0.345. The van der Waals surface area contributed by atoms with Crippen molar-refractivity contribution in [3.05, 3.63) is 53.4 Å². The molecule has 13 nitrogen and oxygen atoms in total. The highest BCUT2D eigenvalue weighted by Crippen LogP contribution is 2.32. The number of ketones is 1. The lowest BCUT2D eigenvalue weighted by atomic mass is 10.1. The summed E-state index contributed by atoms with van der Waals surface area (Å²) in [5.74, 6) is -3.92. The number of nitrogens with one attached hydrogen (secondary N) is 3. The lowest BCUT2D eigenvalue weighted by Gasteiger charge is -2.32. The van der Waals surface area contributed by atoms with Crippen molar-refractivity contribution in [2.75, 3.05) is 68.9 Å². The molecule has 2 fully saturated rings. The number of imide groups is 1. The molecule has 0 saturated carbocycles. The van der Waals surface area contributed by atoms with E-state index in [-0.39, 0.29) is 29.5 Å². The predicted octanol–water partition coefficient (Wildman–Crippen LogP) is 1.93. The Morgan fingerprint density at radius 3 is 2.61 bits per heavy atom. The highest BCUT2D eigenvalue weighted by atomic mass is 35.5. The largest absolute Gasteiger partial charge is 0.355 e. The number of anilines is 4. The average Bonchev–Trinajstić information content (AvgIpc) is 3.23. The van der Waals surface area contributed by atoms with Crippen LogP contribution >= 0.6 is 11.6 Å². The fourth-order valence-corrected chi connectivity index (χ4v) is 5.09. The van der Waals surface area contributed by atoms with Gasteiger partial charge in [-0.1, -0.05) is 11.6 Å². The molecular formula is C29H31ClFN9O4. The van der Waals surface area contributed by atoms with E-state index in [1.807, 2.05) is 5.32 Å². The van der Waals surface area contributed by atoms with Crippen LogP contribution in [0.25, 0.3) is 11.3 Å². The number of hydrogen-bond donors (Lipinski definition) is 3. The summed E-state index contributed by atoms with van der Waals surface area (Å²) in [6.45, 7) is 4.24. The zero-order chi connectivity index (χ0) is 31.4. The van der Waals surface area contributed by atoms with Crippen molar-refractivity contribution >= 4 is 58.1 Å². The number of amides is 3. The fourth-order valence-electron chi connectivity index (χ4n) is 4.92. The molecule has 0 aliphatic carbocycles. The van der Waals surface area contributed by atoms with Crippen molar-refractivity contribution in [1.82, 2.24) is 30.3 Å². The Bertz CT molecular complexity index is 1600. The van der Waals surface area contributed by atoms with Crippen molar-refractivity contribution in [2.24, 2.45) is 5.92 Å². The summed E-state index contributed by atoms with van der Waals surface area (Å²) in [7, 11) is 3.66. The van der Waals surface area contributed by atoms with Gasteiger partial charge >= 0.3 is 0 Å². The summed E-state index contributed by atoms with van der Waals surface area (Å²) in [5.41, 5.74) is 1.13. The van der Waals surface area contributed by atoms with Crippen LogP contribution in [0.2, 0.25) is 5.02 Å². The maximum absolute atomic E-state index is 14.7. The molecule has 4 heterocycles. The van der Waals surface area contributed by atoms with Crippen molar-refractivity contribution in [2.45, 2.75) is 6.42 Å². The van der Waals surface area contributed by atoms with Gasteiger partial charge in [-0.25, -0.2) is 9.37 Å². The van der Waals surface area contributed by atoms with E-state index in [1.54, 1.807) is 25.2 Å². The molecule has 2 aromatic heterocycles. The molecule has 2 aliphatic rings. The molecule has 3 amide bonds. The molecule has 2 saturated heterocycles. The summed E-state index contributed by atoms with van der Waals surface area (Å²) in [6.07, 6.45) is 1.83. The van der Waals surface area contributed by atoms with E-state index in [0.29, 0.717) is 35.2 Å². The lowest BCUT2D eigenvalue weighted by molar-refractivity contribution is -0.136. The first-order valence-electron chi connectivity index (χ1n) is 13.9. The summed E-state index contributed by atoms with van der Waals surface area (Å²) < 4.78 is 14.7. The number of rotatable bonds is 10. The molecular weight excluding hydrogens is 593 g/mol. The van der Waals surface area contributed by atoms with Gasteiger partial charge in [-0.15, -0.1) is 10.2 Å². The first-order valence-corrected chi connectivity index (χ1v) is 14.3. The Hall–Kier alpha value is -4.53. The maximum atomic E-state index is 14.7. The molecule has 44 heavy (non-hydrogen) atoms. The number of benzene rings is 1. The van der Waals surface area contributed by atoms with E-state index in [9.17, 15) is 23.6 Å². The highest BCUT2D eigenvalue weighted by Gasteiger charge is 2.41. The third-order valence-corrected chi connectivity index (χ3v) is 7.68. The number of piperazine rings is 1. The Balaban J connectivity index is 1.36. The van der Waals surface area contributed by atoms with E-state index in [2.05, 4.69) is 42.7 Å². The number of nitrogens with zero attached hydrogens (tertiary/aromatic N) is 6. The number of halogens is 2. The summed E-state index contributed by atoms with van der Waals surface area (Å²) in [5, 5.41) is 16.8. The van der Waals surface area contributed by atoms with Crippen LogP contribution in [0.15, 0.2) is 42.6 Å². The maximum Gasteiger partial charge on any atom is 0.294 e. The number of hydrogen-bond acceptors (Lipinski definition) is 11. The molecule has 2 aliphatic heterocycles. The Labute approximate surface area is 257 Å². The van der Waals surface area contributed by atoms with Crippen molar-refractivity contribution in [1.29, 1.82) is 0 Å². The average molecular weight is 624 g/mol. The van der Waals surface area contributed by atoms with Gasteiger partial charge in [-0.2, -0.15) is 0 Å². The quantitative estimate of drug-likeness (QED) is 0.172. The number of carbonyl (C=O) groups is 4. The van der Waals surface area contributed by atoms with Crippen LogP contribution in [0.4, 0.5) is 27.4 Å². The highest BCUT2D eigenvalue weighted by molar-refractivity contribution is 6.48. The molecule has 1 unspecified atom stereocenters. The van der Waals surface area contributed by atoms with Crippen LogP contribution in [0.3, 0.4) is 0 Å². The van der Waals surface area contributed by atoms with Gasteiger partial charge in [0.15, 0.2) is 5.82 Å². The topological polar surface area (TPSA) is 153 Å². The van der Waals surface area contributed by atoms with Crippen LogP contribution in [-0.2, 0) is 19.2 Å². The second kappa shape index (κ2) is 13.4. The van der Waals surface area contributed by atoms with Crippen molar-refractivity contribution in [3.8, 4) is 11.3 Å². The SMILES string of the molecule is CN1CCN(CCC(=O)Nc2cc(Nc3cc(-c4cc(Cl)ccc4F)nnc3N(C)CC3C(=O)NC(=O)C3=O)ccn2)CC1. The van der Waals surface area contributed by atoms with E-state index < -0.39 is 29.3 Å². The minimum absolute atomic E-state index is 0.112. The van der Waals surface area contributed by atoms with Gasteiger partial charge in [0.05, 0.1) is 11.4 Å². The summed E-state index contributed by atoms with van der Waals surface area (Å²) >= 11 is 6.10. The minimum atomic E-state index is -1.22. The molecule has 0 bridgehead atoms. The zero-order valence-electron chi connectivity index (χ0n) is 24.1. The van der Waals surface area contributed by atoms with Crippen LogP contribution < -0.4 is 20.9 Å². The van der Waals surface area contributed by atoms with Crippen LogP contribution in [0, 0.1) is 11.7 Å². The van der Waals surface area contributed by atoms with Crippen LogP contribution in [0.1, 0.15) is 6.42 Å². The standard InChI is InChI=1S/C29H31ClFN9O4/c1-38-9-11-40(12-10-38)8-6-25(41)34-24-14-18(5-7-32-24)33-23-15-22(19-13-17(30)3-4-21(19)31)36-37-27(23)39(2)16-20-26(42)29(44)35-28(20)43/h3-5,7,13-15,20H,6,8-12,16H2,1-2H3,(H,35,43,44)(H2,32,33,34,36,41). The van der Waals surface area contributed by atoms with Crippen molar-refractivity contribution in [3.63, 3.8) is 0 Å². The van der Waals surface area contributed by atoms with Gasteiger partial charge in [0.1, 0.15) is 17.6 Å². The number of carbonyl (C=O) groups excluding carboxylic acids is 4. The van der Waals surface area contributed by atoms with Gasteiger partial charge in [0.2, 0.25) is 17.6 Å². The zero-order valence-corrected chi connectivity index (χ0v) is 24.9. The number of likely N-dealkylation sites (N-methyl/N-ethyl adjacent to an activating group) is 1. The first kappa shape index (κ1) is 30.9. The smallest absolute Gasteiger partial charge is 0.294 e. The van der Waals surface area contributed by atoms with Crippen LogP contribution in [0.5, 0.6) is 0 Å². The summed E-state index contributed by atoms with van der Waals surface area (Å²) in [6, 6.07) is 8.89. The first-order chi connectivity index (χ1) is 21.1.